The molecule has 1 N–H and O–H groups in total. The summed E-state index contributed by atoms with van der Waals surface area (Å²) in [5.74, 6) is -1.30. The molecule has 4 aromatic rings. The maximum atomic E-state index is 13.1. The van der Waals surface area contributed by atoms with Crippen molar-refractivity contribution >= 4 is 22.5 Å². The standard InChI is InChI=1S/C22H22N4O4/c1-13(2)19(22(28)29)25-10-9-17-15(21(25)27)11-23-20-18(14-7-5-4-6-8-14)16(12-30-3)24-26(17)20/h4-11,13,19H,12H2,1-3H3,(H,28,29)/t19-/m0/s1. The van der Waals surface area contributed by atoms with E-state index in [0.717, 1.165) is 11.1 Å². The lowest BCUT2D eigenvalue weighted by Gasteiger charge is -2.19. The summed E-state index contributed by atoms with van der Waals surface area (Å²) < 4.78 is 8.20. The predicted octanol–water partition coefficient (Wildman–Crippen LogP) is 3.14. The highest BCUT2D eigenvalue weighted by Gasteiger charge is 2.26. The molecule has 8 heteroatoms. The molecule has 0 radical (unpaired) electrons. The molecule has 0 amide bonds. The fourth-order valence-corrected chi connectivity index (χ4v) is 3.81. The second-order valence-corrected chi connectivity index (χ2v) is 7.47. The predicted molar refractivity (Wildman–Crippen MR) is 112 cm³/mol. The Hall–Kier alpha value is -3.52. The Morgan fingerprint density at radius 2 is 1.93 bits per heavy atom. The Bertz CT molecular complexity index is 1290. The highest BCUT2D eigenvalue weighted by Crippen LogP contribution is 2.29. The molecule has 8 nitrogen and oxygen atoms in total. The van der Waals surface area contributed by atoms with Crippen molar-refractivity contribution in [3.63, 3.8) is 0 Å². The van der Waals surface area contributed by atoms with E-state index in [1.54, 1.807) is 31.5 Å². The van der Waals surface area contributed by atoms with Gasteiger partial charge in [-0.2, -0.15) is 5.10 Å². The maximum absolute atomic E-state index is 13.1. The Morgan fingerprint density at radius 3 is 2.57 bits per heavy atom. The first-order chi connectivity index (χ1) is 14.4. The number of hydrogen-bond donors (Lipinski definition) is 1. The minimum atomic E-state index is -1.05. The van der Waals surface area contributed by atoms with Crippen molar-refractivity contribution in [2.45, 2.75) is 26.5 Å². The summed E-state index contributed by atoms with van der Waals surface area (Å²) in [6.45, 7) is 3.83. The molecule has 0 bridgehead atoms. The van der Waals surface area contributed by atoms with Gasteiger partial charge in [-0.05, 0) is 17.5 Å². The van der Waals surface area contributed by atoms with Crippen LogP contribution in [0.5, 0.6) is 0 Å². The lowest BCUT2D eigenvalue weighted by Crippen LogP contribution is -2.33. The van der Waals surface area contributed by atoms with Crippen LogP contribution in [0, 0.1) is 5.92 Å². The number of fused-ring (bicyclic) bond motifs is 3. The number of carbonyl (C=O) groups is 1. The molecular formula is C22H22N4O4. The first-order valence-corrected chi connectivity index (χ1v) is 9.62. The van der Waals surface area contributed by atoms with Gasteiger partial charge in [-0.1, -0.05) is 44.2 Å². The van der Waals surface area contributed by atoms with Crippen LogP contribution < -0.4 is 5.56 Å². The van der Waals surface area contributed by atoms with Crippen LogP contribution in [0.4, 0.5) is 0 Å². The summed E-state index contributed by atoms with van der Waals surface area (Å²) in [6.07, 6.45) is 3.01. The number of nitrogens with zero attached hydrogens (tertiary/aromatic N) is 4. The van der Waals surface area contributed by atoms with Crippen molar-refractivity contribution in [3.8, 4) is 11.1 Å². The second-order valence-electron chi connectivity index (χ2n) is 7.47. The van der Waals surface area contributed by atoms with Gasteiger partial charge in [-0.25, -0.2) is 14.3 Å². The fraction of sp³-hybridized carbons (Fsp3) is 0.273. The summed E-state index contributed by atoms with van der Waals surface area (Å²) in [6, 6.07) is 10.5. The number of hydrogen-bond acceptors (Lipinski definition) is 5. The van der Waals surface area contributed by atoms with E-state index >= 15 is 0 Å². The molecule has 4 rings (SSSR count). The van der Waals surface area contributed by atoms with Gasteiger partial charge in [0, 0.05) is 19.5 Å². The quantitative estimate of drug-likeness (QED) is 0.528. The highest BCUT2D eigenvalue weighted by atomic mass is 16.5. The minimum absolute atomic E-state index is 0.253. The van der Waals surface area contributed by atoms with Gasteiger partial charge < -0.3 is 14.4 Å². The number of carboxylic acids is 1. The van der Waals surface area contributed by atoms with Crippen LogP contribution >= 0.6 is 0 Å². The normalized spacial score (nSPS) is 12.7. The monoisotopic (exact) mass is 406 g/mol. The molecule has 3 heterocycles. The highest BCUT2D eigenvalue weighted by molar-refractivity contribution is 5.86. The van der Waals surface area contributed by atoms with E-state index in [9.17, 15) is 14.7 Å². The Kier molecular flexibility index (Phi) is 5.09. The molecule has 0 aliphatic carbocycles. The molecule has 154 valence electrons. The van der Waals surface area contributed by atoms with E-state index in [4.69, 9.17) is 4.74 Å². The maximum Gasteiger partial charge on any atom is 0.327 e. The molecule has 0 spiro atoms. The van der Waals surface area contributed by atoms with Crippen LogP contribution in [0.1, 0.15) is 25.6 Å². The molecule has 0 fully saturated rings. The van der Waals surface area contributed by atoms with Gasteiger partial charge in [-0.15, -0.1) is 0 Å². The Morgan fingerprint density at radius 1 is 1.20 bits per heavy atom. The van der Waals surface area contributed by atoms with E-state index in [1.807, 2.05) is 30.3 Å². The van der Waals surface area contributed by atoms with Crippen LogP contribution in [0.3, 0.4) is 0 Å². The average Bonchev–Trinajstić information content (AvgIpc) is 3.08. The van der Waals surface area contributed by atoms with E-state index in [1.165, 1.54) is 17.0 Å². The largest absolute Gasteiger partial charge is 0.480 e. The molecule has 0 saturated heterocycles. The number of methoxy groups -OCH3 is 1. The molecule has 0 unspecified atom stereocenters. The molecule has 1 aromatic carbocycles. The average molecular weight is 406 g/mol. The smallest absolute Gasteiger partial charge is 0.327 e. The number of aromatic nitrogens is 4. The van der Waals surface area contributed by atoms with Gasteiger partial charge in [0.15, 0.2) is 5.65 Å². The van der Waals surface area contributed by atoms with Gasteiger partial charge in [-0.3, -0.25) is 4.79 Å². The van der Waals surface area contributed by atoms with E-state index in [0.29, 0.717) is 28.9 Å². The molecule has 30 heavy (non-hydrogen) atoms. The van der Waals surface area contributed by atoms with Gasteiger partial charge in [0.1, 0.15) is 6.04 Å². The third-order valence-corrected chi connectivity index (χ3v) is 5.14. The van der Waals surface area contributed by atoms with Crippen LogP contribution in [-0.4, -0.2) is 37.4 Å². The summed E-state index contributed by atoms with van der Waals surface area (Å²) in [7, 11) is 1.60. The molecule has 3 aromatic heterocycles. The van der Waals surface area contributed by atoms with E-state index in [-0.39, 0.29) is 5.92 Å². The first kappa shape index (κ1) is 19.8. The number of aliphatic carboxylic acids is 1. The van der Waals surface area contributed by atoms with Gasteiger partial charge >= 0.3 is 5.97 Å². The second kappa shape index (κ2) is 7.72. The molecule has 0 aliphatic rings. The van der Waals surface area contributed by atoms with Crippen molar-refractivity contribution in [2.75, 3.05) is 7.11 Å². The first-order valence-electron chi connectivity index (χ1n) is 9.62. The fourth-order valence-electron chi connectivity index (χ4n) is 3.81. The van der Waals surface area contributed by atoms with E-state index < -0.39 is 17.6 Å². The SMILES string of the molecule is COCc1nn2c(ncc3c(=O)n([C@H](C(=O)O)C(C)C)ccc32)c1-c1ccccc1. The zero-order valence-electron chi connectivity index (χ0n) is 16.9. The summed E-state index contributed by atoms with van der Waals surface area (Å²) in [5, 5.41) is 14.5. The van der Waals surface area contributed by atoms with Crippen molar-refractivity contribution in [3.05, 3.63) is 64.8 Å². The number of benzene rings is 1. The third-order valence-electron chi connectivity index (χ3n) is 5.14. The van der Waals surface area contributed by atoms with Crippen molar-refractivity contribution in [1.82, 2.24) is 19.2 Å². The van der Waals surface area contributed by atoms with Crippen LogP contribution in [0.15, 0.2) is 53.6 Å². The summed E-state index contributed by atoms with van der Waals surface area (Å²) in [5.41, 5.74) is 3.26. The number of carboxylic acid groups (broad SMARTS) is 1. The Labute approximate surface area is 172 Å². The number of rotatable bonds is 6. The molecule has 0 aliphatic heterocycles. The lowest BCUT2D eigenvalue weighted by molar-refractivity contribution is -0.142. The number of ether oxygens (including phenoxy) is 1. The van der Waals surface area contributed by atoms with Crippen LogP contribution in [0.25, 0.3) is 27.7 Å². The van der Waals surface area contributed by atoms with Crippen molar-refractivity contribution in [1.29, 1.82) is 0 Å². The van der Waals surface area contributed by atoms with Gasteiger partial charge in [0.2, 0.25) is 0 Å². The summed E-state index contributed by atoms with van der Waals surface area (Å²) >= 11 is 0. The number of pyridine rings is 1. The van der Waals surface area contributed by atoms with Crippen LogP contribution in [0.2, 0.25) is 0 Å². The lowest BCUT2D eigenvalue weighted by atomic mass is 10.0. The topological polar surface area (TPSA) is 98.7 Å². The summed E-state index contributed by atoms with van der Waals surface area (Å²) in [4.78, 5) is 29.3. The molecule has 0 saturated carbocycles. The van der Waals surface area contributed by atoms with Crippen molar-refractivity contribution < 1.29 is 14.6 Å². The van der Waals surface area contributed by atoms with Crippen molar-refractivity contribution in [2.24, 2.45) is 5.92 Å². The minimum Gasteiger partial charge on any atom is -0.480 e. The zero-order valence-corrected chi connectivity index (χ0v) is 16.9. The molecular weight excluding hydrogens is 384 g/mol. The third kappa shape index (κ3) is 3.15. The van der Waals surface area contributed by atoms with E-state index in [2.05, 4.69) is 10.1 Å². The zero-order chi connectivity index (χ0) is 21.4. The van der Waals surface area contributed by atoms with Gasteiger partial charge in [0.05, 0.1) is 28.8 Å². The molecule has 1 atom stereocenters. The van der Waals surface area contributed by atoms with Crippen LogP contribution in [-0.2, 0) is 16.1 Å². The Balaban J connectivity index is 2.00. The van der Waals surface area contributed by atoms with Gasteiger partial charge in [0.25, 0.3) is 5.56 Å².